The van der Waals surface area contributed by atoms with E-state index in [2.05, 4.69) is 10.0 Å². The van der Waals surface area contributed by atoms with E-state index >= 15 is 0 Å². The molecule has 8 heteroatoms. The Kier molecular flexibility index (Phi) is 7.22. The average molecular weight is 425 g/mol. The minimum absolute atomic E-state index is 0. The number of sulfonamides is 1. The van der Waals surface area contributed by atoms with Crippen LogP contribution >= 0.6 is 12.4 Å². The van der Waals surface area contributed by atoms with Crippen LogP contribution in [0, 0.1) is 0 Å². The molecular formula is C20H25ClN2O4S. The Morgan fingerprint density at radius 3 is 2.21 bits per heavy atom. The van der Waals surface area contributed by atoms with E-state index in [1.165, 1.54) is 19.2 Å². The first-order valence-electron chi connectivity index (χ1n) is 8.84. The predicted molar refractivity (Wildman–Crippen MR) is 110 cm³/mol. The number of benzene rings is 2. The highest BCUT2D eigenvalue weighted by atomic mass is 35.5. The largest absolute Gasteiger partial charge is 0.468 e. The van der Waals surface area contributed by atoms with Gasteiger partial charge in [-0.1, -0.05) is 42.5 Å². The maximum absolute atomic E-state index is 12.6. The fraction of sp³-hybridized carbons (Fsp3) is 0.350. The third kappa shape index (κ3) is 4.55. The minimum Gasteiger partial charge on any atom is -0.468 e. The first-order valence-corrected chi connectivity index (χ1v) is 10.3. The van der Waals surface area contributed by atoms with Crippen molar-refractivity contribution in [3.8, 4) is 0 Å². The first-order chi connectivity index (χ1) is 12.9. The van der Waals surface area contributed by atoms with Crippen molar-refractivity contribution in [2.75, 3.05) is 20.7 Å². The van der Waals surface area contributed by atoms with Gasteiger partial charge < -0.3 is 10.1 Å². The molecule has 0 amide bonds. The van der Waals surface area contributed by atoms with Gasteiger partial charge in [-0.3, -0.25) is 4.79 Å². The van der Waals surface area contributed by atoms with Gasteiger partial charge in [0.2, 0.25) is 10.0 Å². The van der Waals surface area contributed by atoms with E-state index in [9.17, 15) is 13.2 Å². The lowest BCUT2D eigenvalue weighted by atomic mass is 9.96. The molecule has 0 bridgehead atoms. The Balaban J connectivity index is 0.00000280. The molecule has 2 aromatic rings. The molecule has 1 unspecified atom stereocenters. The Bertz CT molecular complexity index is 898. The lowest BCUT2D eigenvalue weighted by Crippen LogP contribution is -2.33. The van der Waals surface area contributed by atoms with Crippen molar-refractivity contribution >= 4 is 28.4 Å². The molecule has 0 heterocycles. The van der Waals surface area contributed by atoms with E-state index in [0.29, 0.717) is 0 Å². The Morgan fingerprint density at radius 2 is 1.71 bits per heavy atom. The van der Waals surface area contributed by atoms with E-state index in [-0.39, 0.29) is 35.9 Å². The zero-order chi connectivity index (χ0) is 19.5. The van der Waals surface area contributed by atoms with E-state index in [4.69, 9.17) is 4.74 Å². The zero-order valence-corrected chi connectivity index (χ0v) is 17.5. The van der Waals surface area contributed by atoms with E-state index in [0.717, 1.165) is 24.0 Å². The summed E-state index contributed by atoms with van der Waals surface area (Å²) in [6.45, 7) is 0.233. The predicted octanol–water partition coefficient (Wildman–Crippen LogP) is 2.55. The van der Waals surface area contributed by atoms with Gasteiger partial charge in [0.25, 0.3) is 0 Å². The van der Waals surface area contributed by atoms with Crippen molar-refractivity contribution in [2.45, 2.75) is 29.2 Å². The second-order valence-corrected chi connectivity index (χ2v) is 8.47. The molecule has 1 aliphatic carbocycles. The maximum atomic E-state index is 12.6. The van der Waals surface area contributed by atoms with Crippen molar-refractivity contribution in [1.29, 1.82) is 0 Å². The molecular weight excluding hydrogens is 400 g/mol. The highest BCUT2D eigenvalue weighted by molar-refractivity contribution is 7.89. The topological polar surface area (TPSA) is 84.5 Å². The molecule has 152 valence electrons. The molecule has 1 saturated carbocycles. The smallest absolute Gasteiger partial charge is 0.316 e. The number of halogens is 1. The molecule has 0 aliphatic heterocycles. The number of ether oxygens (including phenoxy) is 1. The summed E-state index contributed by atoms with van der Waals surface area (Å²) in [4.78, 5) is 12.1. The standard InChI is InChI=1S/C20H24N2O4S.ClH/c1-21-18(15-6-4-3-5-7-15)14-22-27(24,25)17-10-8-16(9-11-17)20(12-13-20)19(23)26-2;/h3-11,18,21-22H,12-14H2,1-2H3;1H. The molecule has 28 heavy (non-hydrogen) atoms. The van der Waals surface area contributed by atoms with Gasteiger partial charge in [0.05, 0.1) is 17.4 Å². The highest BCUT2D eigenvalue weighted by Gasteiger charge is 2.52. The molecule has 6 nitrogen and oxygen atoms in total. The lowest BCUT2D eigenvalue weighted by Gasteiger charge is -2.18. The normalized spacial score (nSPS) is 15.9. The zero-order valence-electron chi connectivity index (χ0n) is 15.8. The molecule has 1 fully saturated rings. The first kappa shape index (κ1) is 22.4. The van der Waals surface area contributed by atoms with Gasteiger partial charge in [0, 0.05) is 12.6 Å². The van der Waals surface area contributed by atoms with Crippen molar-refractivity contribution in [1.82, 2.24) is 10.0 Å². The molecule has 0 spiro atoms. The van der Waals surface area contributed by atoms with Crippen molar-refractivity contribution < 1.29 is 17.9 Å². The van der Waals surface area contributed by atoms with Crippen LogP contribution in [0.4, 0.5) is 0 Å². The van der Waals surface area contributed by atoms with Crippen molar-refractivity contribution in [2.24, 2.45) is 0 Å². The van der Waals surface area contributed by atoms with Crippen LogP contribution in [0.3, 0.4) is 0 Å². The SMILES string of the molecule is CNC(CNS(=O)(=O)c1ccc(C2(C(=O)OC)CC2)cc1)c1ccccc1.Cl. The van der Waals surface area contributed by atoms with Crippen molar-refractivity contribution in [3.63, 3.8) is 0 Å². The fourth-order valence-electron chi connectivity index (χ4n) is 3.23. The van der Waals surface area contributed by atoms with E-state index in [1.54, 1.807) is 19.2 Å². The van der Waals surface area contributed by atoms with Gasteiger partial charge >= 0.3 is 5.97 Å². The number of carbonyl (C=O) groups excluding carboxylic acids is 1. The summed E-state index contributed by atoms with van der Waals surface area (Å²) in [5.74, 6) is -0.268. The quantitative estimate of drug-likeness (QED) is 0.636. The maximum Gasteiger partial charge on any atom is 0.316 e. The summed E-state index contributed by atoms with van der Waals surface area (Å²) in [6, 6.07) is 16.0. The molecule has 1 aliphatic rings. The van der Waals surface area contributed by atoms with Crippen LogP contribution in [0.25, 0.3) is 0 Å². The molecule has 0 radical (unpaired) electrons. The summed E-state index contributed by atoms with van der Waals surface area (Å²) in [5, 5.41) is 3.12. The van der Waals surface area contributed by atoms with Crippen LogP contribution < -0.4 is 10.0 Å². The third-order valence-electron chi connectivity index (χ3n) is 5.07. The molecule has 0 saturated heterocycles. The molecule has 1 atom stereocenters. The van der Waals surface area contributed by atoms with Gasteiger partial charge in [0.1, 0.15) is 0 Å². The summed E-state index contributed by atoms with van der Waals surface area (Å²) >= 11 is 0. The monoisotopic (exact) mass is 424 g/mol. The summed E-state index contributed by atoms with van der Waals surface area (Å²) < 4.78 is 32.8. The summed E-state index contributed by atoms with van der Waals surface area (Å²) in [6.07, 6.45) is 1.45. The minimum atomic E-state index is -3.65. The molecule has 2 aromatic carbocycles. The lowest BCUT2D eigenvalue weighted by molar-refractivity contribution is -0.143. The molecule has 0 aromatic heterocycles. The van der Waals surface area contributed by atoms with Gasteiger partial charge in [-0.2, -0.15) is 0 Å². The number of nitrogens with one attached hydrogen (secondary N) is 2. The van der Waals surface area contributed by atoms with Crippen LogP contribution in [-0.2, 0) is 25.0 Å². The molecule has 3 rings (SSSR count). The highest BCUT2D eigenvalue weighted by Crippen LogP contribution is 2.49. The third-order valence-corrected chi connectivity index (χ3v) is 6.51. The van der Waals surface area contributed by atoms with Gasteiger partial charge in [-0.05, 0) is 43.1 Å². The van der Waals surface area contributed by atoms with E-state index in [1.807, 2.05) is 30.3 Å². The van der Waals surface area contributed by atoms with Gasteiger partial charge in [0.15, 0.2) is 0 Å². The average Bonchev–Trinajstić information content (AvgIpc) is 3.51. The fourth-order valence-corrected chi connectivity index (χ4v) is 4.28. The second kappa shape index (κ2) is 9.05. The van der Waals surface area contributed by atoms with Gasteiger partial charge in [-0.25, -0.2) is 13.1 Å². The second-order valence-electron chi connectivity index (χ2n) is 6.70. The number of carbonyl (C=O) groups is 1. The van der Waals surface area contributed by atoms with Crippen LogP contribution in [0.2, 0.25) is 0 Å². The van der Waals surface area contributed by atoms with Gasteiger partial charge in [-0.15, -0.1) is 12.4 Å². The molecule has 2 N–H and O–H groups in total. The number of likely N-dealkylation sites (N-methyl/N-ethyl adjacent to an activating group) is 1. The van der Waals surface area contributed by atoms with Crippen LogP contribution in [0.1, 0.15) is 30.0 Å². The van der Waals surface area contributed by atoms with Crippen molar-refractivity contribution in [3.05, 3.63) is 65.7 Å². The van der Waals surface area contributed by atoms with Crippen LogP contribution in [0.15, 0.2) is 59.5 Å². The Labute approximate surface area is 172 Å². The summed E-state index contributed by atoms with van der Waals surface area (Å²) in [5.41, 5.74) is 1.20. The number of rotatable bonds is 8. The Hall–Kier alpha value is -1.93. The van der Waals surface area contributed by atoms with Crippen LogP contribution in [-0.4, -0.2) is 35.1 Å². The van der Waals surface area contributed by atoms with E-state index < -0.39 is 15.4 Å². The number of hydrogen-bond acceptors (Lipinski definition) is 5. The van der Waals surface area contributed by atoms with Crippen LogP contribution in [0.5, 0.6) is 0 Å². The number of hydrogen-bond donors (Lipinski definition) is 2. The number of esters is 1. The summed E-state index contributed by atoms with van der Waals surface area (Å²) in [7, 11) is -0.482. The number of methoxy groups -OCH3 is 1. The Morgan fingerprint density at radius 1 is 1.11 bits per heavy atom.